The Bertz CT molecular complexity index is 617. The number of nitrogens with one attached hydrogen (secondary N) is 1. The quantitative estimate of drug-likeness (QED) is 0.195. The maximum absolute atomic E-state index is 9.99. The number of nitrogens with zero attached hydrogens (tertiary/aromatic N) is 2. The van der Waals surface area contributed by atoms with Crippen molar-refractivity contribution in [3.63, 3.8) is 0 Å². The van der Waals surface area contributed by atoms with Crippen LogP contribution in [-0.4, -0.2) is 63.2 Å². The van der Waals surface area contributed by atoms with Crippen LogP contribution in [0.3, 0.4) is 0 Å². The molecule has 8 nitrogen and oxygen atoms in total. The Labute approximate surface area is 169 Å². The van der Waals surface area contributed by atoms with Gasteiger partial charge in [0.1, 0.15) is 5.69 Å². The van der Waals surface area contributed by atoms with Gasteiger partial charge in [0.25, 0.3) is 0 Å². The van der Waals surface area contributed by atoms with E-state index < -0.39 is 5.79 Å². The first-order valence-corrected chi connectivity index (χ1v) is 10.4. The predicted molar refractivity (Wildman–Crippen MR) is 107 cm³/mol. The van der Waals surface area contributed by atoms with Gasteiger partial charge in [-0.3, -0.25) is 0 Å². The van der Waals surface area contributed by atoms with E-state index in [0.29, 0.717) is 29.5 Å². The Hall–Kier alpha value is -0.840. The zero-order chi connectivity index (χ0) is 20.0. The van der Waals surface area contributed by atoms with Crippen LogP contribution < -0.4 is 11.1 Å². The predicted octanol–water partition coefficient (Wildman–Crippen LogP) is 2.28. The largest absolute Gasteiger partial charge is 0.394 e. The molecule has 3 atom stereocenters. The van der Waals surface area contributed by atoms with Crippen LogP contribution >= 0.6 is 23.4 Å². The minimum Gasteiger partial charge on any atom is -0.394 e. The molecule has 27 heavy (non-hydrogen) atoms. The molecule has 0 amide bonds. The first-order valence-electron chi connectivity index (χ1n) is 9.08. The van der Waals surface area contributed by atoms with Crippen molar-refractivity contribution >= 4 is 34.9 Å². The van der Waals surface area contributed by atoms with Crippen LogP contribution in [0.5, 0.6) is 0 Å². The van der Waals surface area contributed by atoms with E-state index in [4.69, 9.17) is 31.9 Å². The van der Waals surface area contributed by atoms with Gasteiger partial charge in [0.05, 0.1) is 25.4 Å². The average Bonchev–Trinajstić information content (AvgIpc) is 2.94. The summed E-state index contributed by atoms with van der Waals surface area (Å²) in [5.41, 5.74) is 6.35. The normalized spacial score (nSPS) is 23.0. The standard InChI is InChI=1S/C17H29ClN4O4S/c1-4-7-27-16-21-14(18)13(19)15(22-16)20-10-8-11(25-6-5-23)12(9-10)26-17(2,3)24/h10-12,23-24H,4-9,19H2,1-3H3,(H,20,21,22)/t10?,11-,12-/m0/s1. The number of ether oxygens (including phenoxy) is 2. The third-order valence-corrected chi connectivity index (χ3v) is 5.31. The Balaban J connectivity index is 2.10. The molecule has 1 fully saturated rings. The van der Waals surface area contributed by atoms with Gasteiger partial charge in [0.15, 0.2) is 21.9 Å². The fourth-order valence-corrected chi connectivity index (χ4v) is 3.85. The molecule has 0 bridgehead atoms. The smallest absolute Gasteiger partial charge is 0.191 e. The number of anilines is 2. The summed E-state index contributed by atoms with van der Waals surface area (Å²) in [6.45, 7) is 5.38. The summed E-state index contributed by atoms with van der Waals surface area (Å²) < 4.78 is 11.4. The van der Waals surface area contributed by atoms with Crippen LogP contribution in [0, 0.1) is 0 Å². The monoisotopic (exact) mass is 420 g/mol. The molecule has 5 N–H and O–H groups in total. The van der Waals surface area contributed by atoms with Crippen molar-refractivity contribution in [3.8, 4) is 0 Å². The van der Waals surface area contributed by atoms with Crippen molar-refractivity contribution in [1.29, 1.82) is 0 Å². The highest BCUT2D eigenvalue weighted by Gasteiger charge is 2.39. The maximum Gasteiger partial charge on any atom is 0.191 e. The van der Waals surface area contributed by atoms with Crippen LogP contribution in [0.4, 0.5) is 11.5 Å². The van der Waals surface area contributed by atoms with E-state index in [9.17, 15) is 5.11 Å². The zero-order valence-corrected chi connectivity index (χ0v) is 17.5. The second-order valence-electron chi connectivity index (χ2n) is 6.96. The summed E-state index contributed by atoms with van der Waals surface area (Å²) >= 11 is 7.68. The minimum atomic E-state index is -1.28. The lowest BCUT2D eigenvalue weighted by Crippen LogP contribution is -2.36. The second kappa shape index (κ2) is 10.1. The number of rotatable bonds is 10. The average molecular weight is 421 g/mol. The van der Waals surface area contributed by atoms with E-state index in [0.717, 1.165) is 12.2 Å². The first-order chi connectivity index (χ1) is 12.7. The van der Waals surface area contributed by atoms with E-state index in [1.165, 1.54) is 11.8 Å². The number of hydrogen-bond donors (Lipinski definition) is 4. The molecule has 0 aromatic carbocycles. The molecule has 10 heteroatoms. The van der Waals surface area contributed by atoms with E-state index >= 15 is 0 Å². The summed E-state index contributed by atoms with van der Waals surface area (Å²) in [4.78, 5) is 8.69. The Morgan fingerprint density at radius 2 is 2.04 bits per heavy atom. The molecule has 154 valence electrons. The van der Waals surface area contributed by atoms with Gasteiger partial charge < -0.3 is 30.7 Å². The van der Waals surface area contributed by atoms with Gasteiger partial charge in [-0.25, -0.2) is 9.97 Å². The summed E-state index contributed by atoms with van der Waals surface area (Å²) in [5.74, 6) is 0.104. The summed E-state index contributed by atoms with van der Waals surface area (Å²) in [7, 11) is 0. The van der Waals surface area contributed by atoms with Gasteiger partial charge in [-0.1, -0.05) is 30.3 Å². The molecule has 1 aromatic rings. The SMILES string of the molecule is CCCSc1nc(Cl)c(N)c(NC2C[C@H](OCCO)[C@@H](OC(C)(C)O)C2)n1. The van der Waals surface area contributed by atoms with Gasteiger partial charge in [0, 0.05) is 11.8 Å². The van der Waals surface area contributed by atoms with Crippen LogP contribution in [0.15, 0.2) is 5.16 Å². The molecule has 1 unspecified atom stereocenters. The van der Waals surface area contributed by atoms with E-state index in [2.05, 4.69) is 22.2 Å². The number of aliphatic hydroxyl groups excluding tert-OH is 1. The van der Waals surface area contributed by atoms with Crippen LogP contribution in [0.25, 0.3) is 0 Å². The van der Waals surface area contributed by atoms with Crippen LogP contribution in [-0.2, 0) is 9.47 Å². The second-order valence-corrected chi connectivity index (χ2v) is 8.38. The Morgan fingerprint density at radius 1 is 1.33 bits per heavy atom. The highest BCUT2D eigenvalue weighted by molar-refractivity contribution is 7.99. The van der Waals surface area contributed by atoms with Gasteiger partial charge in [-0.05, 0) is 33.1 Å². The van der Waals surface area contributed by atoms with Gasteiger partial charge in [0.2, 0.25) is 0 Å². The molecular formula is C17H29ClN4O4S. The molecule has 0 saturated heterocycles. The lowest BCUT2D eigenvalue weighted by molar-refractivity contribution is -0.224. The number of halogens is 1. The summed E-state index contributed by atoms with van der Waals surface area (Å²) in [6, 6.07) is -0.0293. The molecule has 1 aliphatic rings. The van der Waals surface area contributed by atoms with Crippen LogP contribution in [0.1, 0.15) is 40.0 Å². The minimum absolute atomic E-state index is 0.0293. The molecule has 1 saturated carbocycles. The van der Waals surface area contributed by atoms with Crippen molar-refractivity contribution in [1.82, 2.24) is 9.97 Å². The van der Waals surface area contributed by atoms with Crippen molar-refractivity contribution < 1.29 is 19.7 Å². The summed E-state index contributed by atoms with van der Waals surface area (Å²) in [5, 5.41) is 23.1. The molecule has 2 rings (SSSR count). The third-order valence-electron chi connectivity index (χ3n) is 3.97. The van der Waals surface area contributed by atoms with Gasteiger partial charge in [-0.15, -0.1) is 0 Å². The van der Waals surface area contributed by atoms with Crippen molar-refractivity contribution in [2.45, 2.75) is 69.2 Å². The van der Waals surface area contributed by atoms with Crippen molar-refractivity contribution in [3.05, 3.63) is 5.15 Å². The molecule has 0 aliphatic heterocycles. The Kier molecular flexibility index (Phi) is 8.39. The number of aromatic nitrogens is 2. The van der Waals surface area contributed by atoms with E-state index in [1.54, 1.807) is 13.8 Å². The zero-order valence-electron chi connectivity index (χ0n) is 15.9. The number of thioether (sulfide) groups is 1. The lowest BCUT2D eigenvalue weighted by atomic mass is 10.2. The first kappa shape index (κ1) is 22.4. The molecule has 0 spiro atoms. The molecule has 1 aromatic heterocycles. The van der Waals surface area contributed by atoms with Crippen LogP contribution in [0.2, 0.25) is 5.15 Å². The number of nitrogens with two attached hydrogens (primary N) is 1. The third kappa shape index (κ3) is 6.92. The van der Waals surface area contributed by atoms with Gasteiger partial charge in [-0.2, -0.15) is 0 Å². The maximum atomic E-state index is 9.99. The van der Waals surface area contributed by atoms with Crippen molar-refractivity contribution in [2.75, 3.05) is 30.0 Å². The highest BCUT2D eigenvalue weighted by atomic mass is 35.5. The topological polar surface area (TPSA) is 123 Å². The van der Waals surface area contributed by atoms with Crippen molar-refractivity contribution in [2.24, 2.45) is 0 Å². The molecule has 1 heterocycles. The fraction of sp³-hybridized carbons (Fsp3) is 0.765. The van der Waals surface area contributed by atoms with E-state index in [-0.39, 0.29) is 36.6 Å². The fourth-order valence-electron chi connectivity index (χ4n) is 2.94. The summed E-state index contributed by atoms with van der Waals surface area (Å²) in [6.07, 6.45) is 1.65. The number of hydrogen-bond acceptors (Lipinski definition) is 9. The number of nitrogen functional groups attached to an aromatic ring is 1. The van der Waals surface area contributed by atoms with E-state index in [1.807, 2.05) is 0 Å². The number of aliphatic hydroxyl groups is 2. The molecule has 1 aliphatic carbocycles. The molecule has 0 radical (unpaired) electrons. The molecular weight excluding hydrogens is 392 g/mol. The van der Waals surface area contributed by atoms with Gasteiger partial charge >= 0.3 is 0 Å². The Morgan fingerprint density at radius 3 is 2.67 bits per heavy atom. The lowest BCUT2D eigenvalue weighted by Gasteiger charge is -2.27. The highest BCUT2D eigenvalue weighted by Crippen LogP contribution is 2.33.